The van der Waals surface area contributed by atoms with Crippen molar-refractivity contribution in [3.05, 3.63) is 60.3 Å². The van der Waals surface area contributed by atoms with Crippen molar-refractivity contribution in [2.75, 3.05) is 0 Å². The van der Waals surface area contributed by atoms with Crippen LogP contribution in [0.15, 0.2) is 54.7 Å². The maximum absolute atomic E-state index is 3.33. The summed E-state index contributed by atoms with van der Waals surface area (Å²) in [7, 11) is 0. The number of aromatic amines is 1. The number of para-hydroxylation sites is 1. The van der Waals surface area contributed by atoms with Gasteiger partial charge >= 0.3 is 0 Å². The minimum absolute atomic E-state index is 0.207. The molecule has 0 aliphatic rings. The van der Waals surface area contributed by atoms with Crippen LogP contribution in [-0.4, -0.2) is 4.98 Å². The van der Waals surface area contributed by atoms with Crippen molar-refractivity contribution in [3.63, 3.8) is 0 Å². The predicted octanol–water partition coefficient (Wildman–Crippen LogP) is 5.13. The summed E-state index contributed by atoms with van der Waals surface area (Å²) in [4.78, 5) is 3.33. The molecule has 1 heteroatoms. The average molecular weight is 249 g/mol. The molecule has 96 valence electrons. The van der Waals surface area contributed by atoms with E-state index in [1.54, 1.807) is 0 Å². The van der Waals surface area contributed by atoms with E-state index in [1.807, 2.05) is 0 Å². The van der Waals surface area contributed by atoms with Crippen molar-refractivity contribution in [3.8, 4) is 11.1 Å². The summed E-state index contributed by atoms with van der Waals surface area (Å²) in [6.07, 6.45) is 2.09. The summed E-state index contributed by atoms with van der Waals surface area (Å²) in [6, 6.07) is 17.3. The molecule has 1 heterocycles. The third kappa shape index (κ3) is 2.17. The second kappa shape index (κ2) is 4.27. The quantitative estimate of drug-likeness (QED) is 0.615. The van der Waals surface area contributed by atoms with Gasteiger partial charge < -0.3 is 4.98 Å². The molecule has 3 rings (SSSR count). The van der Waals surface area contributed by atoms with E-state index in [0.717, 1.165) is 0 Å². The van der Waals surface area contributed by atoms with E-state index < -0.39 is 0 Å². The Kier molecular flexibility index (Phi) is 2.70. The van der Waals surface area contributed by atoms with Crippen LogP contribution in [0.4, 0.5) is 0 Å². The molecular weight excluding hydrogens is 230 g/mol. The average Bonchev–Trinajstić information content (AvgIpc) is 2.82. The second-order valence-corrected chi connectivity index (χ2v) is 6.08. The summed E-state index contributed by atoms with van der Waals surface area (Å²) in [5.74, 6) is 0. The SMILES string of the molecule is CC(C)(C)c1ccc(-c2c[nH]c3ccccc23)cc1. The molecule has 0 bridgehead atoms. The van der Waals surface area contributed by atoms with Gasteiger partial charge in [-0.3, -0.25) is 0 Å². The Morgan fingerprint density at radius 3 is 2.21 bits per heavy atom. The van der Waals surface area contributed by atoms with Gasteiger partial charge in [0.05, 0.1) is 0 Å². The van der Waals surface area contributed by atoms with E-state index in [0.29, 0.717) is 0 Å². The highest BCUT2D eigenvalue weighted by Gasteiger charge is 2.13. The molecule has 0 fully saturated rings. The minimum Gasteiger partial charge on any atom is -0.361 e. The van der Waals surface area contributed by atoms with E-state index in [4.69, 9.17) is 0 Å². The lowest BCUT2D eigenvalue weighted by Gasteiger charge is -2.19. The molecule has 0 saturated carbocycles. The molecule has 0 unspecified atom stereocenters. The lowest BCUT2D eigenvalue weighted by molar-refractivity contribution is 0.590. The smallest absolute Gasteiger partial charge is 0.0460 e. The molecule has 0 radical (unpaired) electrons. The van der Waals surface area contributed by atoms with Crippen LogP contribution >= 0.6 is 0 Å². The lowest BCUT2D eigenvalue weighted by atomic mass is 9.86. The first-order chi connectivity index (χ1) is 9.05. The van der Waals surface area contributed by atoms with Crippen molar-refractivity contribution < 1.29 is 0 Å². The summed E-state index contributed by atoms with van der Waals surface area (Å²) in [6.45, 7) is 6.73. The molecule has 0 amide bonds. The van der Waals surface area contributed by atoms with Crippen LogP contribution in [0.5, 0.6) is 0 Å². The van der Waals surface area contributed by atoms with Gasteiger partial charge in [-0.15, -0.1) is 0 Å². The van der Waals surface area contributed by atoms with Crippen LogP contribution in [0.3, 0.4) is 0 Å². The van der Waals surface area contributed by atoms with Crippen molar-refractivity contribution in [2.45, 2.75) is 26.2 Å². The predicted molar refractivity (Wildman–Crippen MR) is 82.4 cm³/mol. The fraction of sp³-hybridized carbons (Fsp3) is 0.222. The van der Waals surface area contributed by atoms with Gasteiger partial charge in [-0.2, -0.15) is 0 Å². The van der Waals surface area contributed by atoms with Gasteiger partial charge in [0.1, 0.15) is 0 Å². The summed E-state index contributed by atoms with van der Waals surface area (Å²) >= 11 is 0. The zero-order valence-corrected chi connectivity index (χ0v) is 11.7. The first-order valence-electron chi connectivity index (χ1n) is 6.73. The Labute approximate surface area is 114 Å². The second-order valence-electron chi connectivity index (χ2n) is 6.08. The first kappa shape index (κ1) is 12.0. The van der Waals surface area contributed by atoms with Crippen LogP contribution in [0, 0.1) is 0 Å². The Balaban J connectivity index is 2.07. The molecule has 19 heavy (non-hydrogen) atoms. The third-order valence-electron chi connectivity index (χ3n) is 3.65. The monoisotopic (exact) mass is 249 g/mol. The Morgan fingerprint density at radius 2 is 1.53 bits per heavy atom. The maximum atomic E-state index is 3.33. The van der Waals surface area contributed by atoms with E-state index >= 15 is 0 Å². The highest BCUT2D eigenvalue weighted by atomic mass is 14.7. The number of nitrogens with one attached hydrogen (secondary N) is 1. The van der Waals surface area contributed by atoms with Gasteiger partial charge in [0.15, 0.2) is 0 Å². The molecule has 1 N–H and O–H groups in total. The molecular formula is C18H19N. The highest BCUT2D eigenvalue weighted by molar-refractivity contribution is 5.95. The highest BCUT2D eigenvalue weighted by Crippen LogP contribution is 2.30. The number of fused-ring (bicyclic) bond motifs is 1. The zero-order valence-electron chi connectivity index (χ0n) is 11.7. The standard InChI is InChI=1S/C18H19N/c1-18(2,3)14-10-8-13(9-11-14)16-12-19-17-7-5-4-6-15(16)17/h4-12,19H,1-3H3. The molecule has 1 aromatic heterocycles. The van der Waals surface area contributed by atoms with Gasteiger partial charge in [-0.25, -0.2) is 0 Å². The van der Waals surface area contributed by atoms with Crippen molar-refractivity contribution in [1.29, 1.82) is 0 Å². The summed E-state index contributed by atoms with van der Waals surface area (Å²) in [5.41, 5.74) is 5.31. The van der Waals surface area contributed by atoms with Gasteiger partial charge in [-0.1, -0.05) is 63.2 Å². The molecule has 0 atom stereocenters. The number of hydrogen-bond acceptors (Lipinski definition) is 0. The van der Waals surface area contributed by atoms with E-state index in [9.17, 15) is 0 Å². The molecule has 0 aliphatic carbocycles. The third-order valence-corrected chi connectivity index (χ3v) is 3.65. The lowest BCUT2D eigenvalue weighted by Crippen LogP contribution is -2.10. The zero-order chi connectivity index (χ0) is 13.5. The van der Waals surface area contributed by atoms with Gasteiger partial charge in [0.25, 0.3) is 0 Å². The molecule has 2 aromatic carbocycles. The Hall–Kier alpha value is -2.02. The maximum Gasteiger partial charge on any atom is 0.0460 e. The van der Waals surface area contributed by atoms with Crippen LogP contribution in [0.1, 0.15) is 26.3 Å². The Morgan fingerprint density at radius 1 is 0.842 bits per heavy atom. The first-order valence-corrected chi connectivity index (χ1v) is 6.73. The number of rotatable bonds is 1. The van der Waals surface area contributed by atoms with E-state index in [-0.39, 0.29) is 5.41 Å². The fourth-order valence-corrected chi connectivity index (χ4v) is 2.46. The minimum atomic E-state index is 0.207. The molecule has 1 nitrogen and oxygen atoms in total. The number of aromatic nitrogens is 1. The Bertz CT molecular complexity index is 696. The van der Waals surface area contributed by atoms with E-state index in [2.05, 4.69) is 80.5 Å². The molecule has 0 spiro atoms. The fourth-order valence-electron chi connectivity index (χ4n) is 2.46. The number of hydrogen-bond donors (Lipinski definition) is 1. The van der Waals surface area contributed by atoms with Crippen LogP contribution < -0.4 is 0 Å². The molecule has 0 aliphatic heterocycles. The number of H-pyrrole nitrogens is 1. The molecule has 0 saturated heterocycles. The van der Waals surface area contributed by atoms with E-state index in [1.165, 1.54) is 27.6 Å². The van der Waals surface area contributed by atoms with Crippen LogP contribution in [0.2, 0.25) is 0 Å². The molecule has 3 aromatic rings. The van der Waals surface area contributed by atoms with Crippen LogP contribution in [0.25, 0.3) is 22.0 Å². The van der Waals surface area contributed by atoms with Gasteiger partial charge in [0, 0.05) is 22.7 Å². The van der Waals surface area contributed by atoms with Gasteiger partial charge in [-0.05, 0) is 22.6 Å². The van der Waals surface area contributed by atoms with Crippen molar-refractivity contribution >= 4 is 10.9 Å². The normalized spacial score (nSPS) is 11.9. The summed E-state index contributed by atoms with van der Waals surface area (Å²) in [5, 5.41) is 1.28. The number of benzene rings is 2. The van der Waals surface area contributed by atoms with Crippen molar-refractivity contribution in [1.82, 2.24) is 4.98 Å². The van der Waals surface area contributed by atoms with Crippen LogP contribution in [-0.2, 0) is 5.41 Å². The summed E-state index contributed by atoms with van der Waals surface area (Å²) < 4.78 is 0. The topological polar surface area (TPSA) is 15.8 Å². The van der Waals surface area contributed by atoms with Gasteiger partial charge in [0.2, 0.25) is 0 Å². The van der Waals surface area contributed by atoms with Crippen molar-refractivity contribution in [2.24, 2.45) is 0 Å². The largest absolute Gasteiger partial charge is 0.361 e.